The fourth-order valence-electron chi connectivity index (χ4n) is 1.97. The van der Waals surface area contributed by atoms with E-state index in [1.54, 1.807) is 0 Å². The van der Waals surface area contributed by atoms with Crippen LogP contribution < -0.4 is 0 Å². The van der Waals surface area contributed by atoms with Crippen LogP contribution in [0.15, 0.2) is 0 Å². The van der Waals surface area contributed by atoms with Crippen LogP contribution in [0.5, 0.6) is 0 Å². The fraction of sp³-hybridized carbons (Fsp3) is 0.750. The van der Waals surface area contributed by atoms with Crippen molar-refractivity contribution in [1.29, 1.82) is 0 Å². The first-order chi connectivity index (χ1) is 9.81. The minimum absolute atomic E-state index is 0.688. The van der Waals surface area contributed by atoms with E-state index in [1.165, 1.54) is 7.11 Å². The summed E-state index contributed by atoms with van der Waals surface area (Å²) in [6.45, 7) is 2.25. The molecule has 0 saturated carbocycles. The fourth-order valence-corrected chi connectivity index (χ4v) is 1.97. The summed E-state index contributed by atoms with van der Waals surface area (Å²) in [7, 11) is 2.36. The van der Waals surface area contributed by atoms with Gasteiger partial charge in [0, 0.05) is 21.0 Å². The molecule has 21 heavy (non-hydrogen) atoms. The molecule has 0 aliphatic carbocycles. The van der Waals surface area contributed by atoms with Crippen molar-refractivity contribution in [2.45, 2.75) is 44.6 Å². The minimum Gasteiger partial charge on any atom is -0.467 e. The quantitative estimate of drug-likeness (QED) is 0.502. The Balaban J connectivity index is 3.07. The van der Waals surface area contributed by atoms with Crippen molar-refractivity contribution < 1.29 is 43.2 Å². The summed E-state index contributed by atoms with van der Waals surface area (Å²) in [6, 6.07) is 0. The van der Waals surface area contributed by atoms with E-state index >= 15 is 0 Å². The van der Waals surface area contributed by atoms with Crippen molar-refractivity contribution in [3.05, 3.63) is 0 Å². The van der Waals surface area contributed by atoms with Crippen LogP contribution in [0.1, 0.15) is 13.8 Å². The molecule has 1 aliphatic rings. The van der Waals surface area contributed by atoms with Crippen molar-refractivity contribution in [2.24, 2.45) is 0 Å². The molecule has 5 atom stereocenters. The van der Waals surface area contributed by atoms with Gasteiger partial charge < -0.3 is 28.8 Å². The maximum atomic E-state index is 11.6. The largest absolute Gasteiger partial charge is 0.467 e. The van der Waals surface area contributed by atoms with Gasteiger partial charge in [0.2, 0.25) is 0 Å². The molecule has 120 valence electrons. The van der Waals surface area contributed by atoms with Crippen LogP contribution in [0.2, 0.25) is 0 Å². The number of rotatable bonds is 4. The van der Waals surface area contributed by atoms with Crippen LogP contribution in [0.4, 0.5) is 0 Å². The summed E-state index contributed by atoms with van der Waals surface area (Å²) in [5.74, 6) is -2.29. The molecule has 1 heterocycles. The third-order valence-electron chi connectivity index (χ3n) is 2.79. The Bertz CT molecular complexity index is 408. The number of hydrogen-bond donors (Lipinski definition) is 1. The maximum absolute atomic E-state index is 11.6. The zero-order valence-corrected chi connectivity index (χ0v) is 12.1. The molecule has 1 saturated heterocycles. The number of esters is 3. The SMILES string of the molecule is COC(=O)[C@H]1O[C@@H](OC)[C@H](OC(C)=O)[C@@H](OC(C)=O)[C@@H]1O. The van der Waals surface area contributed by atoms with E-state index in [1.807, 2.05) is 0 Å². The Labute approximate surface area is 121 Å². The highest BCUT2D eigenvalue weighted by molar-refractivity contribution is 5.76. The van der Waals surface area contributed by atoms with E-state index in [-0.39, 0.29) is 0 Å². The first-order valence-corrected chi connectivity index (χ1v) is 6.10. The molecule has 0 aromatic carbocycles. The van der Waals surface area contributed by atoms with Crippen molar-refractivity contribution in [1.82, 2.24) is 0 Å². The number of methoxy groups -OCH3 is 2. The smallest absolute Gasteiger partial charge is 0.338 e. The molecule has 9 nitrogen and oxygen atoms in total. The molecule has 0 aromatic rings. The molecule has 0 radical (unpaired) electrons. The monoisotopic (exact) mass is 306 g/mol. The minimum atomic E-state index is -1.57. The van der Waals surface area contributed by atoms with Gasteiger partial charge in [0.25, 0.3) is 0 Å². The highest BCUT2D eigenvalue weighted by Gasteiger charge is 2.52. The average Bonchev–Trinajstić information content (AvgIpc) is 2.41. The summed E-state index contributed by atoms with van der Waals surface area (Å²) in [4.78, 5) is 33.9. The molecule has 0 unspecified atom stereocenters. The Hall–Kier alpha value is -1.71. The molecule has 9 heteroatoms. The van der Waals surface area contributed by atoms with Crippen molar-refractivity contribution in [2.75, 3.05) is 14.2 Å². The molecule has 0 spiro atoms. The topological polar surface area (TPSA) is 118 Å². The normalized spacial score (nSPS) is 32.1. The highest BCUT2D eigenvalue weighted by atomic mass is 16.7. The number of carbonyl (C=O) groups is 3. The van der Waals surface area contributed by atoms with Gasteiger partial charge in [-0.3, -0.25) is 9.59 Å². The summed E-state index contributed by atoms with van der Waals surface area (Å²) < 4.78 is 24.6. The van der Waals surface area contributed by atoms with E-state index in [0.29, 0.717) is 0 Å². The van der Waals surface area contributed by atoms with Gasteiger partial charge in [-0.1, -0.05) is 0 Å². The Kier molecular flexibility index (Phi) is 6.06. The van der Waals surface area contributed by atoms with Gasteiger partial charge in [-0.25, -0.2) is 4.79 Å². The van der Waals surface area contributed by atoms with E-state index < -0.39 is 48.6 Å². The average molecular weight is 306 g/mol. The summed E-state index contributed by atoms with van der Waals surface area (Å²) in [5.41, 5.74) is 0. The lowest BCUT2D eigenvalue weighted by molar-refractivity contribution is -0.293. The van der Waals surface area contributed by atoms with E-state index in [9.17, 15) is 19.5 Å². The highest BCUT2D eigenvalue weighted by Crippen LogP contribution is 2.27. The van der Waals surface area contributed by atoms with Crippen molar-refractivity contribution in [3.63, 3.8) is 0 Å². The van der Waals surface area contributed by atoms with Crippen LogP contribution in [0.25, 0.3) is 0 Å². The van der Waals surface area contributed by atoms with Crippen LogP contribution in [0, 0.1) is 0 Å². The zero-order chi connectivity index (χ0) is 16.2. The second-order valence-electron chi connectivity index (χ2n) is 4.32. The molecule has 1 aliphatic heterocycles. The molecular formula is C12H18O9. The van der Waals surface area contributed by atoms with Gasteiger partial charge in [0.15, 0.2) is 24.6 Å². The maximum Gasteiger partial charge on any atom is 0.338 e. The van der Waals surface area contributed by atoms with Crippen LogP contribution in [0.3, 0.4) is 0 Å². The Morgan fingerprint density at radius 1 is 1.00 bits per heavy atom. The van der Waals surface area contributed by atoms with E-state index in [4.69, 9.17) is 18.9 Å². The number of carbonyl (C=O) groups excluding carboxylic acids is 3. The molecule has 1 N–H and O–H groups in total. The van der Waals surface area contributed by atoms with Gasteiger partial charge in [-0.15, -0.1) is 0 Å². The third-order valence-corrected chi connectivity index (χ3v) is 2.79. The van der Waals surface area contributed by atoms with Gasteiger partial charge >= 0.3 is 17.9 Å². The molecular weight excluding hydrogens is 288 g/mol. The predicted octanol–water partition coefficient (Wildman–Crippen LogP) is -1.24. The summed E-state index contributed by atoms with van der Waals surface area (Å²) in [6.07, 6.45) is -6.75. The predicted molar refractivity (Wildman–Crippen MR) is 64.8 cm³/mol. The first kappa shape index (κ1) is 17.3. The lowest BCUT2D eigenvalue weighted by atomic mass is 9.98. The van der Waals surface area contributed by atoms with Crippen LogP contribution in [-0.4, -0.2) is 67.9 Å². The first-order valence-electron chi connectivity index (χ1n) is 6.10. The molecule has 1 rings (SSSR count). The second kappa shape index (κ2) is 7.34. The molecule has 0 aromatic heterocycles. The zero-order valence-electron chi connectivity index (χ0n) is 12.1. The van der Waals surface area contributed by atoms with E-state index in [2.05, 4.69) is 4.74 Å². The number of ether oxygens (including phenoxy) is 5. The Morgan fingerprint density at radius 2 is 1.52 bits per heavy atom. The molecule has 1 fully saturated rings. The van der Waals surface area contributed by atoms with Crippen molar-refractivity contribution >= 4 is 17.9 Å². The lowest BCUT2D eigenvalue weighted by Gasteiger charge is -2.41. The van der Waals surface area contributed by atoms with E-state index in [0.717, 1.165) is 21.0 Å². The number of aliphatic hydroxyl groups is 1. The second-order valence-corrected chi connectivity index (χ2v) is 4.32. The molecule has 0 amide bonds. The van der Waals surface area contributed by atoms with Gasteiger partial charge in [0.1, 0.15) is 6.10 Å². The van der Waals surface area contributed by atoms with Gasteiger partial charge in [-0.05, 0) is 0 Å². The number of hydrogen-bond acceptors (Lipinski definition) is 9. The van der Waals surface area contributed by atoms with Gasteiger partial charge in [-0.2, -0.15) is 0 Å². The van der Waals surface area contributed by atoms with Gasteiger partial charge in [0.05, 0.1) is 7.11 Å². The Morgan fingerprint density at radius 3 is 1.95 bits per heavy atom. The summed E-state index contributed by atoms with van der Waals surface area (Å²) in [5, 5.41) is 10.1. The number of aliphatic hydroxyl groups excluding tert-OH is 1. The molecule has 0 bridgehead atoms. The lowest BCUT2D eigenvalue weighted by Crippen LogP contribution is -2.62. The third kappa shape index (κ3) is 4.13. The van der Waals surface area contributed by atoms with Crippen LogP contribution >= 0.6 is 0 Å². The standard InChI is InChI=1S/C12H18O9/c1-5(13)19-8-7(15)9(11(16)17-3)21-12(18-4)10(8)20-6(2)14/h7-10,12,15H,1-4H3/t7-,8-,9-,10+,12+/m0/s1. The van der Waals surface area contributed by atoms with Crippen molar-refractivity contribution in [3.8, 4) is 0 Å². The van der Waals surface area contributed by atoms with Crippen LogP contribution in [-0.2, 0) is 38.1 Å². The summed E-state index contributed by atoms with van der Waals surface area (Å²) >= 11 is 0.